The third-order valence-electron chi connectivity index (χ3n) is 2.86. The Morgan fingerprint density at radius 1 is 1.24 bits per heavy atom. The molecule has 0 saturated heterocycles. The van der Waals surface area contributed by atoms with Gasteiger partial charge in [-0.15, -0.1) is 0 Å². The smallest absolute Gasteiger partial charge is 0.337 e. The highest BCUT2D eigenvalue weighted by atomic mass is 16.5. The van der Waals surface area contributed by atoms with Gasteiger partial charge in [-0.2, -0.15) is 5.10 Å². The number of nitrogens with zero attached hydrogens (tertiary/aromatic N) is 1. The maximum Gasteiger partial charge on any atom is 0.337 e. The molecule has 0 spiro atoms. The van der Waals surface area contributed by atoms with Crippen molar-refractivity contribution in [2.75, 3.05) is 7.11 Å². The lowest BCUT2D eigenvalue weighted by molar-refractivity contribution is 0.0600. The van der Waals surface area contributed by atoms with Crippen LogP contribution in [0.5, 0.6) is 5.75 Å². The zero-order chi connectivity index (χ0) is 15.1. The van der Waals surface area contributed by atoms with E-state index in [0.717, 1.165) is 16.9 Å². The first-order valence-corrected chi connectivity index (χ1v) is 6.36. The predicted molar refractivity (Wildman–Crippen MR) is 80.3 cm³/mol. The fourth-order valence-electron chi connectivity index (χ4n) is 1.81. The van der Waals surface area contributed by atoms with E-state index in [1.165, 1.54) is 7.11 Å². The fourth-order valence-corrected chi connectivity index (χ4v) is 1.81. The van der Waals surface area contributed by atoms with E-state index in [-0.39, 0.29) is 5.97 Å². The lowest BCUT2D eigenvalue weighted by Gasteiger charge is -2.07. The molecule has 0 amide bonds. The number of hydrogen-bond donors (Lipinski definition) is 1. The van der Waals surface area contributed by atoms with Crippen LogP contribution in [0.4, 0.5) is 0 Å². The van der Waals surface area contributed by atoms with Gasteiger partial charge in [0, 0.05) is 0 Å². The number of nitrogens with two attached hydrogens (primary N) is 1. The molecule has 0 aromatic heterocycles. The lowest BCUT2D eigenvalue weighted by Crippen LogP contribution is -2.03. The summed E-state index contributed by atoms with van der Waals surface area (Å²) < 4.78 is 10.4. The van der Waals surface area contributed by atoms with Gasteiger partial charge in [-0.1, -0.05) is 12.1 Å². The summed E-state index contributed by atoms with van der Waals surface area (Å²) in [7, 11) is 1.36. The molecule has 2 N–H and O–H groups in total. The molecule has 2 rings (SSSR count). The van der Waals surface area contributed by atoms with Gasteiger partial charge in [0.2, 0.25) is 0 Å². The SMILES string of the molecule is COC(=O)c1cccc(COc2ccc(C=NN)cc2)c1. The number of esters is 1. The van der Waals surface area contributed by atoms with Crippen molar-refractivity contribution in [3.8, 4) is 5.75 Å². The molecule has 108 valence electrons. The second-order valence-electron chi connectivity index (χ2n) is 4.33. The molecule has 0 aliphatic carbocycles. The van der Waals surface area contributed by atoms with E-state index < -0.39 is 0 Å². The van der Waals surface area contributed by atoms with E-state index in [9.17, 15) is 4.79 Å². The Hall–Kier alpha value is -2.82. The van der Waals surface area contributed by atoms with Crippen LogP contribution in [0.25, 0.3) is 0 Å². The third kappa shape index (κ3) is 4.07. The molecule has 0 bridgehead atoms. The van der Waals surface area contributed by atoms with Crippen molar-refractivity contribution in [2.24, 2.45) is 10.9 Å². The van der Waals surface area contributed by atoms with Crippen molar-refractivity contribution in [1.82, 2.24) is 0 Å². The van der Waals surface area contributed by atoms with Crippen molar-refractivity contribution in [1.29, 1.82) is 0 Å². The summed E-state index contributed by atoms with van der Waals surface area (Å²) in [5, 5.41) is 3.45. The van der Waals surface area contributed by atoms with Gasteiger partial charge < -0.3 is 15.3 Å². The first-order valence-electron chi connectivity index (χ1n) is 6.36. The van der Waals surface area contributed by atoms with Crippen LogP contribution in [0, 0.1) is 0 Å². The number of carbonyl (C=O) groups is 1. The summed E-state index contributed by atoms with van der Waals surface area (Å²) in [5.74, 6) is 5.45. The zero-order valence-corrected chi connectivity index (χ0v) is 11.7. The van der Waals surface area contributed by atoms with Crippen molar-refractivity contribution in [3.63, 3.8) is 0 Å². The molecule has 0 atom stereocenters. The van der Waals surface area contributed by atoms with Gasteiger partial charge in [0.05, 0.1) is 18.9 Å². The minimum absolute atomic E-state index is 0.359. The molecule has 0 saturated carbocycles. The normalized spacial score (nSPS) is 10.5. The number of methoxy groups -OCH3 is 1. The molecular formula is C16H16N2O3. The van der Waals surface area contributed by atoms with Crippen LogP contribution in [-0.4, -0.2) is 19.3 Å². The van der Waals surface area contributed by atoms with Crippen LogP contribution in [0.2, 0.25) is 0 Å². The van der Waals surface area contributed by atoms with Crippen LogP contribution >= 0.6 is 0 Å². The Kier molecular flexibility index (Phi) is 4.93. The van der Waals surface area contributed by atoms with Gasteiger partial charge in [-0.05, 0) is 47.5 Å². The monoisotopic (exact) mass is 284 g/mol. The van der Waals surface area contributed by atoms with Crippen molar-refractivity contribution < 1.29 is 14.3 Å². The number of hydrogen-bond acceptors (Lipinski definition) is 5. The number of ether oxygens (including phenoxy) is 2. The number of benzene rings is 2. The van der Waals surface area contributed by atoms with E-state index in [0.29, 0.717) is 12.2 Å². The molecule has 2 aromatic rings. The second kappa shape index (κ2) is 7.09. The molecule has 21 heavy (non-hydrogen) atoms. The summed E-state index contributed by atoms with van der Waals surface area (Å²) in [6.45, 7) is 0.370. The Balaban J connectivity index is 2.01. The molecule has 2 aromatic carbocycles. The third-order valence-corrected chi connectivity index (χ3v) is 2.86. The Bertz CT molecular complexity index is 636. The summed E-state index contributed by atoms with van der Waals surface area (Å²) in [5.41, 5.74) is 2.30. The summed E-state index contributed by atoms with van der Waals surface area (Å²) in [6.07, 6.45) is 1.56. The van der Waals surface area contributed by atoms with Gasteiger partial charge >= 0.3 is 5.97 Å². The summed E-state index contributed by atoms with van der Waals surface area (Å²) in [6, 6.07) is 14.5. The van der Waals surface area contributed by atoms with E-state index >= 15 is 0 Å². The topological polar surface area (TPSA) is 73.9 Å². The molecule has 0 aliphatic rings. The van der Waals surface area contributed by atoms with E-state index in [2.05, 4.69) is 9.84 Å². The largest absolute Gasteiger partial charge is 0.489 e. The van der Waals surface area contributed by atoms with Gasteiger partial charge in [0.15, 0.2) is 0 Å². The van der Waals surface area contributed by atoms with Gasteiger partial charge in [-0.3, -0.25) is 0 Å². The Labute approximate surface area is 123 Å². The van der Waals surface area contributed by atoms with Crippen LogP contribution in [-0.2, 0) is 11.3 Å². The highest BCUT2D eigenvalue weighted by molar-refractivity contribution is 5.89. The van der Waals surface area contributed by atoms with E-state index in [4.69, 9.17) is 10.6 Å². The first kappa shape index (κ1) is 14.6. The van der Waals surface area contributed by atoms with Crippen LogP contribution in [0.1, 0.15) is 21.5 Å². The standard InChI is InChI=1S/C16H16N2O3/c1-20-16(19)14-4-2-3-13(9-14)11-21-15-7-5-12(6-8-15)10-18-17/h2-10H,11,17H2,1H3. The second-order valence-corrected chi connectivity index (χ2v) is 4.33. The minimum Gasteiger partial charge on any atom is -0.489 e. The number of carbonyl (C=O) groups excluding carboxylic acids is 1. The van der Waals surface area contributed by atoms with Crippen molar-refractivity contribution >= 4 is 12.2 Å². The van der Waals surface area contributed by atoms with Crippen LogP contribution in [0.15, 0.2) is 53.6 Å². The van der Waals surface area contributed by atoms with Crippen LogP contribution in [0.3, 0.4) is 0 Å². The summed E-state index contributed by atoms with van der Waals surface area (Å²) >= 11 is 0. The van der Waals surface area contributed by atoms with Crippen LogP contribution < -0.4 is 10.6 Å². The maximum absolute atomic E-state index is 11.5. The molecular weight excluding hydrogens is 268 g/mol. The molecule has 0 fully saturated rings. The Morgan fingerprint density at radius 3 is 2.67 bits per heavy atom. The van der Waals surface area contributed by atoms with Crippen molar-refractivity contribution in [3.05, 3.63) is 65.2 Å². The molecule has 0 radical (unpaired) electrons. The van der Waals surface area contributed by atoms with Gasteiger partial charge in [-0.25, -0.2) is 4.79 Å². The zero-order valence-electron chi connectivity index (χ0n) is 11.7. The summed E-state index contributed by atoms with van der Waals surface area (Å²) in [4.78, 5) is 11.5. The van der Waals surface area contributed by atoms with E-state index in [1.54, 1.807) is 24.4 Å². The lowest BCUT2D eigenvalue weighted by atomic mass is 10.1. The number of hydrazone groups is 1. The minimum atomic E-state index is -0.359. The Morgan fingerprint density at radius 2 is 2.00 bits per heavy atom. The fraction of sp³-hybridized carbons (Fsp3) is 0.125. The molecule has 5 heteroatoms. The van der Waals surface area contributed by atoms with Gasteiger partial charge in [0.25, 0.3) is 0 Å². The molecule has 0 unspecified atom stereocenters. The predicted octanol–water partition coefficient (Wildman–Crippen LogP) is 2.34. The van der Waals surface area contributed by atoms with Gasteiger partial charge in [0.1, 0.15) is 12.4 Å². The van der Waals surface area contributed by atoms with E-state index in [1.807, 2.05) is 30.3 Å². The number of rotatable bonds is 5. The average molecular weight is 284 g/mol. The average Bonchev–Trinajstić information content (AvgIpc) is 2.54. The van der Waals surface area contributed by atoms with Crippen molar-refractivity contribution in [2.45, 2.75) is 6.61 Å². The highest BCUT2D eigenvalue weighted by Crippen LogP contribution is 2.14. The highest BCUT2D eigenvalue weighted by Gasteiger charge is 2.05. The first-order chi connectivity index (χ1) is 10.2. The quantitative estimate of drug-likeness (QED) is 0.396. The molecule has 0 aliphatic heterocycles. The molecule has 5 nitrogen and oxygen atoms in total. The molecule has 0 heterocycles. The maximum atomic E-state index is 11.5.